The number of nitrogens with one attached hydrogen (secondary N) is 1. The van der Waals surface area contributed by atoms with E-state index in [9.17, 15) is 18.0 Å². The minimum absolute atomic E-state index is 0. The van der Waals surface area contributed by atoms with E-state index in [1.54, 1.807) is 13.8 Å². The fourth-order valence-corrected chi connectivity index (χ4v) is 1.18. The molecule has 0 aliphatic carbocycles. The number of hydrogen-bond donors (Lipinski definition) is 1. The standard InChI is InChI=1S/C11H12F3NO2.H2S/c1-7(2)15-10(16)8-4-3-5-9(6-8)17-11(12,13)14;/h3-7H,1-2H3,(H,15,16);1H2. The topological polar surface area (TPSA) is 38.3 Å². The van der Waals surface area contributed by atoms with Gasteiger partial charge in [0.05, 0.1) is 0 Å². The molecule has 1 aromatic rings. The van der Waals surface area contributed by atoms with Crippen LogP contribution < -0.4 is 10.1 Å². The van der Waals surface area contributed by atoms with Crippen LogP contribution in [0.25, 0.3) is 0 Å². The molecule has 0 aliphatic rings. The van der Waals surface area contributed by atoms with Crippen molar-refractivity contribution in [1.29, 1.82) is 0 Å². The van der Waals surface area contributed by atoms with Gasteiger partial charge in [-0.1, -0.05) is 6.07 Å². The Morgan fingerprint density at radius 3 is 2.44 bits per heavy atom. The minimum Gasteiger partial charge on any atom is -0.406 e. The lowest BCUT2D eigenvalue weighted by Crippen LogP contribution is -2.30. The van der Waals surface area contributed by atoms with Crippen molar-refractivity contribution in [3.05, 3.63) is 29.8 Å². The molecule has 1 rings (SSSR count). The van der Waals surface area contributed by atoms with E-state index in [2.05, 4.69) is 10.1 Å². The van der Waals surface area contributed by atoms with E-state index in [-0.39, 0.29) is 25.1 Å². The van der Waals surface area contributed by atoms with Crippen LogP contribution >= 0.6 is 13.5 Å². The van der Waals surface area contributed by atoms with Gasteiger partial charge in [-0.2, -0.15) is 13.5 Å². The lowest BCUT2D eigenvalue weighted by Gasteiger charge is -2.11. The molecule has 102 valence electrons. The molecular formula is C11H14F3NO2S. The van der Waals surface area contributed by atoms with Crippen LogP contribution in [-0.4, -0.2) is 18.3 Å². The maximum atomic E-state index is 12.0. The molecule has 0 heterocycles. The SMILES string of the molecule is CC(C)NC(=O)c1cccc(OC(F)(F)F)c1.S. The molecule has 0 spiro atoms. The molecule has 0 fully saturated rings. The Hall–Kier alpha value is -1.37. The number of benzene rings is 1. The van der Waals surface area contributed by atoms with E-state index in [0.29, 0.717) is 0 Å². The average Bonchev–Trinajstić information content (AvgIpc) is 2.14. The molecule has 0 saturated heterocycles. The normalized spacial score (nSPS) is 10.8. The Morgan fingerprint density at radius 2 is 1.94 bits per heavy atom. The number of carbonyl (C=O) groups is 1. The summed E-state index contributed by atoms with van der Waals surface area (Å²) < 4.78 is 39.6. The lowest BCUT2D eigenvalue weighted by atomic mass is 10.2. The van der Waals surface area contributed by atoms with Gasteiger partial charge in [-0.15, -0.1) is 13.2 Å². The highest BCUT2D eigenvalue weighted by Gasteiger charge is 2.31. The summed E-state index contributed by atoms with van der Waals surface area (Å²) in [4.78, 5) is 11.5. The van der Waals surface area contributed by atoms with Crippen molar-refractivity contribution in [3.8, 4) is 5.75 Å². The fraction of sp³-hybridized carbons (Fsp3) is 0.364. The predicted octanol–water partition coefficient (Wildman–Crippen LogP) is 2.84. The van der Waals surface area contributed by atoms with Crippen LogP contribution in [0.5, 0.6) is 5.75 Å². The van der Waals surface area contributed by atoms with E-state index in [4.69, 9.17) is 0 Å². The van der Waals surface area contributed by atoms with Gasteiger partial charge >= 0.3 is 6.36 Å². The molecule has 0 aromatic heterocycles. The molecule has 0 radical (unpaired) electrons. The largest absolute Gasteiger partial charge is 0.573 e. The quantitative estimate of drug-likeness (QED) is 0.925. The smallest absolute Gasteiger partial charge is 0.406 e. The highest BCUT2D eigenvalue weighted by Crippen LogP contribution is 2.23. The number of carbonyl (C=O) groups excluding carboxylic acids is 1. The van der Waals surface area contributed by atoms with Gasteiger partial charge in [0.15, 0.2) is 0 Å². The maximum Gasteiger partial charge on any atom is 0.573 e. The van der Waals surface area contributed by atoms with Gasteiger partial charge in [0.25, 0.3) is 5.91 Å². The van der Waals surface area contributed by atoms with Crippen molar-refractivity contribution in [1.82, 2.24) is 5.32 Å². The van der Waals surface area contributed by atoms with Crippen molar-refractivity contribution < 1.29 is 22.7 Å². The zero-order valence-corrected chi connectivity index (χ0v) is 10.8. The summed E-state index contributed by atoms with van der Waals surface area (Å²) in [6, 6.07) is 4.84. The maximum absolute atomic E-state index is 12.0. The number of hydrogen-bond acceptors (Lipinski definition) is 2. The second-order valence-corrected chi connectivity index (χ2v) is 3.70. The van der Waals surface area contributed by atoms with Gasteiger partial charge in [0, 0.05) is 11.6 Å². The van der Waals surface area contributed by atoms with Gasteiger partial charge in [-0.3, -0.25) is 4.79 Å². The van der Waals surface area contributed by atoms with Crippen LogP contribution in [0.15, 0.2) is 24.3 Å². The molecule has 0 saturated carbocycles. The first-order valence-electron chi connectivity index (χ1n) is 4.94. The molecule has 3 nitrogen and oxygen atoms in total. The van der Waals surface area contributed by atoms with Crippen LogP contribution in [0.3, 0.4) is 0 Å². The molecule has 7 heteroatoms. The Kier molecular flexibility index (Phi) is 6.04. The Bertz CT molecular complexity index is 408. The lowest BCUT2D eigenvalue weighted by molar-refractivity contribution is -0.274. The van der Waals surface area contributed by atoms with Gasteiger partial charge in [-0.25, -0.2) is 0 Å². The summed E-state index contributed by atoms with van der Waals surface area (Å²) in [5.41, 5.74) is 0.125. The predicted molar refractivity (Wildman–Crippen MR) is 66.1 cm³/mol. The Balaban J connectivity index is 0.00000289. The first-order chi connectivity index (χ1) is 7.78. The second-order valence-electron chi connectivity index (χ2n) is 3.70. The van der Waals surface area contributed by atoms with Crippen molar-refractivity contribution >= 4 is 19.4 Å². The molecular weight excluding hydrogens is 267 g/mol. The van der Waals surface area contributed by atoms with E-state index >= 15 is 0 Å². The zero-order valence-electron chi connectivity index (χ0n) is 9.84. The van der Waals surface area contributed by atoms with E-state index in [1.807, 2.05) is 0 Å². The summed E-state index contributed by atoms with van der Waals surface area (Å²) in [7, 11) is 0. The molecule has 1 N–H and O–H groups in total. The molecule has 0 atom stereocenters. The van der Waals surface area contributed by atoms with E-state index in [0.717, 1.165) is 12.1 Å². The number of alkyl halides is 3. The summed E-state index contributed by atoms with van der Waals surface area (Å²) >= 11 is 0. The Morgan fingerprint density at radius 1 is 1.33 bits per heavy atom. The van der Waals surface area contributed by atoms with Crippen molar-refractivity contribution in [2.45, 2.75) is 26.3 Å². The Labute approximate surface area is 110 Å². The minimum atomic E-state index is -4.76. The molecule has 18 heavy (non-hydrogen) atoms. The first kappa shape index (κ1) is 16.6. The second kappa shape index (κ2) is 6.53. The van der Waals surface area contributed by atoms with Gasteiger partial charge < -0.3 is 10.1 Å². The van der Waals surface area contributed by atoms with Crippen LogP contribution in [0.4, 0.5) is 13.2 Å². The highest BCUT2D eigenvalue weighted by molar-refractivity contribution is 7.59. The van der Waals surface area contributed by atoms with Crippen LogP contribution in [0.1, 0.15) is 24.2 Å². The van der Waals surface area contributed by atoms with Gasteiger partial charge in [0.1, 0.15) is 5.75 Å². The zero-order chi connectivity index (χ0) is 13.1. The highest BCUT2D eigenvalue weighted by atomic mass is 32.1. The first-order valence-corrected chi connectivity index (χ1v) is 4.94. The monoisotopic (exact) mass is 281 g/mol. The van der Waals surface area contributed by atoms with Crippen LogP contribution in [0, 0.1) is 0 Å². The van der Waals surface area contributed by atoms with Crippen LogP contribution in [0.2, 0.25) is 0 Å². The summed E-state index contributed by atoms with van der Waals surface area (Å²) in [5, 5.41) is 2.57. The van der Waals surface area contributed by atoms with Crippen molar-refractivity contribution in [2.75, 3.05) is 0 Å². The molecule has 0 bridgehead atoms. The molecule has 0 unspecified atom stereocenters. The molecule has 1 aromatic carbocycles. The number of ether oxygens (including phenoxy) is 1. The van der Waals surface area contributed by atoms with E-state index in [1.165, 1.54) is 12.1 Å². The van der Waals surface area contributed by atoms with Crippen LogP contribution in [-0.2, 0) is 0 Å². The average molecular weight is 281 g/mol. The number of amides is 1. The summed E-state index contributed by atoms with van der Waals surface area (Å²) in [6.45, 7) is 3.52. The van der Waals surface area contributed by atoms with Crippen molar-refractivity contribution in [3.63, 3.8) is 0 Å². The van der Waals surface area contributed by atoms with Crippen molar-refractivity contribution in [2.24, 2.45) is 0 Å². The fourth-order valence-electron chi connectivity index (χ4n) is 1.18. The third-order valence-corrected chi connectivity index (χ3v) is 1.75. The third kappa shape index (κ3) is 5.81. The third-order valence-electron chi connectivity index (χ3n) is 1.75. The summed E-state index contributed by atoms with van der Waals surface area (Å²) in [5.74, 6) is -0.846. The van der Waals surface area contributed by atoms with Gasteiger partial charge in [0.2, 0.25) is 0 Å². The van der Waals surface area contributed by atoms with Gasteiger partial charge in [-0.05, 0) is 32.0 Å². The number of rotatable bonds is 3. The molecule has 1 amide bonds. The number of halogens is 3. The van der Waals surface area contributed by atoms with E-state index < -0.39 is 18.0 Å². The summed E-state index contributed by atoms with van der Waals surface area (Å²) in [6.07, 6.45) is -4.76. The molecule has 0 aliphatic heterocycles.